The average Bonchev–Trinajstić information content (AvgIpc) is 2.61. The van der Waals surface area contributed by atoms with E-state index in [1.54, 1.807) is 10.9 Å². The smallest absolute Gasteiger partial charge is 0.274 e. The maximum absolute atomic E-state index is 12.1. The summed E-state index contributed by atoms with van der Waals surface area (Å²) >= 11 is 0. The van der Waals surface area contributed by atoms with Crippen LogP contribution in [0, 0.1) is 0 Å². The van der Waals surface area contributed by atoms with E-state index in [4.69, 9.17) is 0 Å². The molecule has 0 fully saturated rings. The van der Waals surface area contributed by atoms with E-state index in [1.807, 2.05) is 51.1 Å². The van der Waals surface area contributed by atoms with Gasteiger partial charge in [0.15, 0.2) is 0 Å². The molecular weight excluding hydrogens is 200 g/mol. The number of aromatic nitrogens is 2. The molecule has 0 bridgehead atoms. The Bertz CT molecular complexity index is 529. The van der Waals surface area contributed by atoms with Crippen molar-refractivity contribution < 1.29 is 0 Å². The number of para-hydroxylation sites is 1. The zero-order valence-electron chi connectivity index (χ0n) is 9.82. The SMILES string of the molecule is CC(C)(C)c1c[nH]n(-c2ccccc2)c1=O. The Morgan fingerprint density at radius 3 is 2.25 bits per heavy atom. The molecule has 1 heterocycles. The molecule has 3 nitrogen and oxygen atoms in total. The van der Waals surface area contributed by atoms with E-state index in [9.17, 15) is 4.79 Å². The van der Waals surface area contributed by atoms with E-state index in [2.05, 4.69) is 5.10 Å². The molecule has 0 radical (unpaired) electrons. The van der Waals surface area contributed by atoms with Gasteiger partial charge in [0.25, 0.3) is 5.56 Å². The van der Waals surface area contributed by atoms with Crippen molar-refractivity contribution in [2.75, 3.05) is 0 Å². The second kappa shape index (κ2) is 3.67. The Kier molecular flexibility index (Phi) is 2.46. The molecule has 0 aliphatic heterocycles. The zero-order valence-corrected chi connectivity index (χ0v) is 9.82. The highest BCUT2D eigenvalue weighted by Crippen LogP contribution is 2.18. The minimum Gasteiger partial charge on any atom is -0.298 e. The Balaban J connectivity index is 2.55. The number of nitrogens with zero attached hydrogens (tertiary/aromatic N) is 1. The van der Waals surface area contributed by atoms with Crippen LogP contribution in [-0.2, 0) is 5.41 Å². The topological polar surface area (TPSA) is 37.8 Å². The van der Waals surface area contributed by atoms with Crippen LogP contribution in [0.4, 0.5) is 0 Å². The first-order chi connectivity index (χ1) is 7.50. The summed E-state index contributed by atoms with van der Waals surface area (Å²) in [5.74, 6) is 0. The lowest BCUT2D eigenvalue weighted by molar-refractivity contribution is 0.584. The van der Waals surface area contributed by atoms with Crippen LogP contribution in [0.3, 0.4) is 0 Å². The van der Waals surface area contributed by atoms with Crippen LogP contribution in [0.25, 0.3) is 5.69 Å². The van der Waals surface area contributed by atoms with Gasteiger partial charge in [-0.25, -0.2) is 4.68 Å². The van der Waals surface area contributed by atoms with Crippen LogP contribution in [0.2, 0.25) is 0 Å². The Morgan fingerprint density at radius 1 is 1.12 bits per heavy atom. The molecule has 84 valence electrons. The van der Waals surface area contributed by atoms with Crippen molar-refractivity contribution in [2.45, 2.75) is 26.2 Å². The molecule has 0 saturated carbocycles. The molecule has 2 aromatic rings. The molecule has 0 amide bonds. The maximum Gasteiger partial charge on any atom is 0.274 e. The number of benzene rings is 1. The van der Waals surface area contributed by atoms with Gasteiger partial charge in [0.2, 0.25) is 0 Å². The van der Waals surface area contributed by atoms with Gasteiger partial charge in [0.1, 0.15) is 0 Å². The van der Waals surface area contributed by atoms with Gasteiger partial charge in [-0.15, -0.1) is 0 Å². The fourth-order valence-electron chi connectivity index (χ4n) is 1.68. The Labute approximate surface area is 94.7 Å². The molecule has 1 aromatic carbocycles. The van der Waals surface area contributed by atoms with Crippen LogP contribution in [-0.4, -0.2) is 9.78 Å². The normalized spacial score (nSPS) is 11.7. The van der Waals surface area contributed by atoms with Crippen molar-refractivity contribution in [3.05, 3.63) is 52.4 Å². The molecule has 0 aliphatic carbocycles. The molecule has 16 heavy (non-hydrogen) atoms. The fourth-order valence-corrected chi connectivity index (χ4v) is 1.68. The Hall–Kier alpha value is -1.77. The van der Waals surface area contributed by atoms with Gasteiger partial charge < -0.3 is 0 Å². The monoisotopic (exact) mass is 216 g/mol. The van der Waals surface area contributed by atoms with E-state index in [0.717, 1.165) is 11.3 Å². The van der Waals surface area contributed by atoms with E-state index < -0.39 is 0 Å². The zero-order chi connectivity index (χ0) is 11.8. The second-order valence-electron chi connectivity index (χ2n) is 4.91. The highest BCUT2D eigenvalue weighted by molar-refractivity contribution is 5.32. The van der Waals surface area contributed by atoms with Gasteiger partial charge in [0.05, 0.1) is 5.69 Å². The molecule has 0 aliphatic rings. The molecule has 0 unspecified atom stereocenters. The molecule has 0 atom stereocenters. The number of rotatable bonds is 1. The summed E-state index contributed by atoms with van der Waals surface area (Å²) in [5.41, 5.74) is 1.56. The first-order valence-electron chi connectivity index (χ1n) is 5.36. The summed E-state index contributed by atoms with van der Waals surface area (Å²) in [4.78, 5) is 12.1. The van der Waals surface area contributed by atoms with E-state index in [-0.39, 0.29) is 11.0 Å². The molecule has 1 N–H and O–H groups in total. The van der Waals surface area contributed by atoms with Crippen LogP contribution >= 0.6 is 0 Å². The number of H-pyrrole nitrogens is 1. The fraction of sp³-hybridized carbons (Fsp3) is 0.308. The molecular formula is C13H16N2O. The minimum atomic E-state index is -0.131. The standard InChI is InChI=1S/C13H16N2O/c1-13(2,3)11-9-14-15(12(11)16)10-7-5-4-6-8-10/h4-9,14H,1-3H3. The first-order valence-corrected chi connectivity index (χ1v) is 5.36. The third kappa shape index (κ3) is 1.81. The predicted octanol–water partition coefficient (Wildman–Crippen LogP) is 2.46. The summed E-state index contributed by atoms with van der Waals surface area (Å²) in [7, 11) is 0. The van der Waals surface area contributed by atoms with Gasteiger partial charge in [-0.05, 0) is 17.5 Å². The van der Waals surface area contributed by atoms with E-state index in [0.29, 0.717) is 0 Å². The molecule has 3 heteroatoms. The highest BCUT2D eigenvalue weighted by Gasteiger charge is 2.20. The van der Waals surface area contributed by atoms with E-state index >= 15 is 0 Å². The van der Waals surface area contributed by atoms with Crippen molar-refractivity contribution in [2.24, 2.45) is 0 Å². The highest BCUT2D eigenvalue weighted by atomic mass is 16.1. The largest absolute Gasteiger partial charge is 0.298 e. The summed E-state index contributed by atoms with van der Waals surface area (Å²) in [5, 5.41) is 3.00. The quantitative estimate of drug-likeness (QED) is 0.781. The van der Waals surface area contributed by atoms with Crippen LogP contribution in [0.5, 0.6) is 0 Å². The van der Waals surface area contributed by atoms with Crippen LogP contribution in [0.15, 0.2) is 41.3 Å². The van der Waals surface area contributed by atoms with E-state index in [1.165, 1.54) is 0 Å². The van der Waals surface area contributed by atoms with Crippen LogP contribution in [0.1, 0.15) is 26.3 Å². The molecule has 1 aromatic heterocycles. The number of hydrogen-bond acceptors (Lipinski definition) is 1. The molecule has 0 spiro atoms. The molecule has 0 saturated heterocycles. The number of aromatic amines is 1. The van der Waals surface area contributed by atoms with Crippen molar-refractivity contribution in [1.29, 1.82) is 0 Å². The van der Waals surface area contributed by atoms with Gasteiger partial charge >= 0.3 is 0 Å². The number of hydrogen-bond donors (Lipinski definition) is 1. The van der Waals surface area contributed by atoms with Crippen molar-refractivity contribution in [3.8, 4) is 5.69 Å². The lowest BCUT2D eigenvalue weighted by Gasteiger charge is -2.14. The van der Waals surface area contributed by atoms with Gasteiger partial charge in [-0.3, -0.25) is 9.89 Å². The summed E-state index contributed by atoms with van der Waals surface area (Å²) in [6.45, 7) is 6.10. The summed E-state index contributed by atoms with van der Waals surface area (Å²) in [6, 6.07) is 9.58. The van der Waals surface area contributed by atoms with Crippen molar-refractivity contribution >= 4 is 0 Å². The third-order valence-corrected chi connectivity index (χ3v) is 2.59. The Morgan fingerprint density at radius 2 is 1.75 bits per heavy atom. The summed E-state index contributed by atoms with van der Waals surface area (Å²) in [6.07, 6.45) is 1.79. The van der Waals surface area contributed by atoms with Gasteiger partial charge in [-0.2, -0.15) is 0 Å². The lowest BCUT2D eigenvalue weighted by Crippen LogP contribution is -2.24. The van der Waals surface area contributed by atoms with Crippen molar-refractivity contribution in [1.82, 2.24) is 9.78 Å². The maximum atomic E-state index is 12.1. The van der Waals surface area contributed by atoms with Crippen molar-refractivity contribution in [3.63, 3.8) is 0 Å². The van der Waals surface area contributed by atoms with Crippen LogP contribution < -0.4 is 5.56 Å². The van der Waals surface area contributed by atoms with Gasteiger partial charge in [0, 0.05) is 11.8 Å². The minimum absolute atomic E-state index is 0.0266. The lowest BCUT2D eigenvalue weighted by atomic mass is 9.89. The van der Waals surface area contributed by atoms with Gasteiger partial charge in [-0.1, -0.05) is 39.0 Å². The predicted molar refractivity (Wildman–Crippen MR) is 65.1 cm³/mol. The summed E-state index contributed by atoms with van der Waals surface area (Å²) < 4.78 is 1.57. The average molecular weight is 216 g/mol. The molecule has 2 rings (SSSR count). The second-order valence-corrected chi connectivity index (χ2v) is 4.91. The number of nitrogens with one attached hydrogen (secondary N) is 1. The third-order valence-electron chi connectivity index (χ3n) is 2.59. The first kappa shape index (κ1) is 10.7.